The Hall–Kier alpha value is -2.36. The van der Waals surface area contributed by atoms with Gasteiger partial charge in [0, 0.05) is 6.42 Å². The Bertz CT molecular complexity index is 647. The number of hydrogen-bond acceptors (Lipinski definition) is 2. The lowest BCUT2D eigenvalue weighted by Gasteiger charge is -2.28. The lowest BCUT2D eigenvalue weighted by Crippen LogP contribution is -2.37. The van der Waals surface area contributed by atoms with E-state index in [4.69, 9.17) is 4.74 Å². The van der Waals surface area contributed by atoms with Crippen molar-refractivity contribution in [3.63, 3.8) is 0 Å². The summed E-state index contributed by atoms with van der Waals surface area (Å²) < 4.78 is 19.0. The third-order valence-electron chi connectivity index (χ3n) is 4.15. The van der Waals surface area contributed by atoms with Crippen LogP contribution < -0.4 is 0 Å². The number of carbonyl (C=O) groups is 1. The Labute approximate surface area is 135 Å². The Morgan fingerprint density at radius 3 is 2.30 bits per heavy atom. The summed E-state index contributed by atoms with van der Waals surface area (Å²) in [5.74, 6) is 0. The maximum atomic E-state index is 13.6. The topological polar surface area (TPSA) is 29.5 Å². The van der Waals surface area contributed by atoms with Crippen LogP contribution in [0.25, 0.3) is 0 Å². The highest BCUT2D eigenvalue weighted by Crippen LogP contribution is 2.37. The van der Waals surface area contributed by atoms with Gasteiger partial charge in [-0.25, -0.2) is 9.18 Å². The summed E-state index contributed by atoms with van der Waals surface area (Å²) >= 11 is 0. The van der Waals surface area contributed by atoms with Crippen molar-refractivity contribution >= 4 is 6.09 Å². The molecule has 0 spiro atoms. The summed E-state index contributed by atoms with van der Waals surface area (Å²) in [5, 5.41) is 0. The molecule has 0 radical (unpaired) electrons. The summed E-state index contributed by atoms with van der Waals surface area (Å²) in [6, 6.07) is 18.5. The van der Waals surface area contributed by atoms with Crippen LogP contribution in [0.5, 0.6) is 0 Å². The highest BCUT2D eigenvalue weighted by Gasteiger charge is 2.47. The Kier molecular flexibility index (Phi) is 4.60. The molecule has 0 N–H and O–H groups in total. The number of ether oxygens (including phenoxy) is 1. The second-order valence-electron chi connectivity index (χ2n) is 5.85. The molecule has 1 aliphatic carbocycles. The number of halogens is 1. The molecule has 3 atom stereocenters. The van der Waals surface area contributed by atoms with Crippen molar-refractivity contribution in [2.24, 2.45) is 0 Å². The van der Waals surface area contributed by atoms with E-state index in [9.17, 15) is 9.18 Å². The largest absolute Gasteiger partial charge is 0.445 e. The maximum Gasteiger partial charge on any atom is 0.410 e. The van der Waals surface area contributed by atoms with E-state index in [0.29, 0.717) is 6.42 Å². The van der Waals surface area contributed by atoms with Gasteiger partial charge in [-0.15, -0.1) is 0 Å². The molecule has 2 aromatic carbocycles. The first-order chi connectivity index (χ1) is 11.2. The smallest absolute Gasteiger partial charge is 0.410 e. The predicted octanol–water partition coefficient (Wildman–Crippen LogP) is 4.50. The average molecular weight is 313 g/mol. The molecule has 4 heteroatoms. The predicted molar refractivity (Wildman–Crippen MR) is 86.6 cm³/mol. The molecule has 3 rings (SSSR count). The van der Waals surface area contributed by atoms with Crippen LogP contribution >= 0.6 is 0 Å². The lowest BCUT2D eigenvalue weighted by molar-refractivity contribution is 0.0761. The number of hydrogen-bond donors (Lipinski definition) is 0. The Morgan fingerprint density at radius 2 is 1.74 bits per heavy atom. The van der Waals surface area contributed by atoms with Gasteiger partial charge in [0.25, 0.3) is 0 Å². The van der Waals surface area contributed by atoms with Crippen LogP contribution in [0.3, 0.4) is 0 Å². The third kappa shape index (κ3) is 3.70. The van der Waals surface area contributed by atoms with E-state index < -0.39 is 12.3 Å². The molecular weight excluding hydrogens is 293 g/mol. The molecule has 3 nitrogen and oxygen atoms in total. The average Bonchev–Trinajstić information content (AvgIpc) is 3.31. The van der Waals surface area contributed by atoms with Crippen molar-refractivity contribution in [1.82, 2.24) is 4.90 Å². The first-order valence-electron chi connectivity index (χ1n) is 7.85. The van der Waals surface area contributed by atoms with Crippen LogP contribution in [-0.4, -0.2) is 23.2 Å². The third-order valence-corrected chi connectivity index (χ3v) is 4.15. The highest BCUT2D eigenvalue weighted by atomic mass is 19.1. The summed E-state index contributed by atoms with van der Waals surface area (Å²) in [6.07, 6.45) is -1.03. The van der Waals surface area contributed by atoms with Gasteiger partial charge in [-0.3, -0.25) is 4.90 Å². The van der Waals surface area contributed by atoms with Crippen LogP contribution in [0.15, 0.2) is 60.7 Å². The molecule has 1 saturated carbocycles. The molecule has 1 aliphatic rings. The number of amides is 1. The lowest BCUT2D eigenvalue weighted by atomic mass is 10.1. The van der Waals surface area contributed by atoms with Gasteiger partial charge in [0.2, 0.25) is 0 Å². The molecule has 0 saturated heterocycles. The van der Waals surface area contributed by atoms with E-state index in [1.165, 1.54) is 4.90 Å². The van der Waals surface area contributed by atoms with E-state index in [2.05, 4.69) is 0 Å². The van der Waals surface area contributed by atoms with Crippen LogP contribution in [0.4, 0.5) is 9.18 Å². The fraction of sp³-hybridized carbons (Fsp3) is 0.316. The fourth-order valence-corrected chi connectivity index (χ4v) is 2.71. The quantitative estimate of drug-likeness (QED) is 0.813. The zero-order valence-corrected chi connectivity index (χ0v) is 13.1. The zero-order chi connectivity index (χ0) is 16.2. The number of benzene rings is 2. The number of alkyl halides is 1. The van der Waals surface area contributed by atoms with Gasteiger partial charge in [0.1, 0.15) is 12.8 Å². The standard InChI is InChI=1S/C19H20FNO2/c1-14(16-10-6-3-7-11-16)21(18-12-17(18)20)19(22)23-13-15-8-4-2-5-9-15/h2-11,14,17-18H,12-13H2,1H3/t14-,17?,18?/m0/s1. The molecule has 2 unspecified atom stereocenters. The minimum atomic E-state index is -0.953. The molecule has 0 bridgehead atoms. The molecule has 1 amide bonds. The summed E-state index contributed by atoms with van der Waals surface area (Å²) in [5.41, 5.74) is 1.89. The van der Waals surface area contributed by atoms with Crippen molar-refractivity contribution < 1.29 is 13.9 Å². The second kappa shape index (κ2) is 6.82. The molecule has 0 heterocycles. The van der Waals surface area contributed by atoms with E-state index in [0.717, 1.165) is 11.1 Å². The van der Waals surface area contributed by atoms with Crippen molar-refractivity contribution in [1.29, 1.82) is 0 Å². The van der Waals surface area contributed by atoms with Gasteiger partial charge < -0.3 is 4.74 Å². The van der Waals surface area contributed by atoms with E-state index in [-0.39, 0.29) is 18.7 Å². The van der Waals surface area contributed by atoms with Crippen LogP contribution in [0.2, 0.25) is 0 Å². The van der Waals surface area contributed by atoms with E-state index in [1.54, 1.807) is 0 Å². The number of rotatable bonds is 5. The summed E-state index contributed by atoms with van der Waals surface area (Å²) in [7, 11) is 0. The van der Waals surface area contributed by atoms with Crippen molar-refractivity contribution in [3.05, 3.63) is 71.8 Å². The monoisotopic (exact) mass is 313 g/mol. The molecule has 23 heavy (non-hydrogen) atoms. The summed E-state index contributed by atoms with van der Waals surface area (Å²) in [4.78, 5) is 14.0. The molecule has 0 aliphatic heterocycles. The fourth-order valence-electron chi connectivity index (χ4n) is 2.71. The van der Waals surface area contributed by atoms with Crippen molar-refractivity contribution in [2.45, 2.75) is 38.2 Å². The van der Waals surface area contributed by atoms with Gasteiger partial charge in [0.15, 0.2) is 0 Å². The minimum absolute atomic E-state index is 0.196. The van der Waals surface area contributed by atoms with Crippen LogP contribution in [0, 0.1) is 0 Å². The van der Waals surface area contributed by atoms with E-state index >= 15 is 0 Å². The van der Waals surface area contributed by atoms with Crippen molar-refractivity contribution in [2.75, 3.05) is 0 Å². The molecule has 1 fully saturated rings. The molecule has 120 valence electrons. The van der Waals surface area contributed by atoms with Gasteiger partial charge >= 0.3 is 6.09 Å². The molecular formula is C19H20FNO2. The minimum Gasteiger partial charge on any atom is -0.445 e. The maximum absolute atomic E-state index is 13.6. The Morgan fingerprint density at radius 1 is 1.17 bits per heavy atom. The van der Waals surface area contributed by atoms with Crippen LogP contribution in [-0.2, 0) is 11.3 Å². The number of carbonyl (C=O) groups excluding carboxylic acids is 1. The van der Waals surface area contributed by atoms with Gasteiger partial charge in [-0.2, -0.15) is 0 Å². The normalized spacial score (nSPS) is 20.6. The van der Waals surface area contributed by atoms with E-state index in [1.807, 2.05) is 67.6 Å². The molecule has 0 aromatic heterocycles. The first-order valence-corrected chi connectivity index (χ1v) is 7.85. The summed E-state index contributed by atoms with van der Waals surface area (Å²) in [6.45, 7) is 2.10. The van der Waals surface area contributed by atoms with Gasteiger partial charge in [-0.05, 0) is 18.1 Å². The van der Waals surface area contributed by atoms with Crippen molar-refractivity contribution in [3.8, 4) is 0 Å². The van der Waals surface area contributed by atoms with Gasteiger partial charge in [-0.1, -0.05) is 60.7 Å². The zero-order valence-electron chi connectivity index (χ0n) is 13.1. The Balaban J connectivity index is 1.70. The van der Waals surface area contributed by atoms with Gasteiger partial charge in [0.05, 0.1) is 12.1 Å². The first kappa shape index (κ1) is 15.5. The molecule has 2 aromatic rings. The highest BCUT2D eigenvalue weighted by molar-refractivity contribution is 5.69. The second-order valence-corrected chi connectivity index (χ2v) is 5.85. The SMILES string of the molecule is C[C@@H](c1ccccc1)N(C(=O)OCc1ccccc1)C1CC1F. The van der Waals surface area contributed by atoms with Crippen LogP contribution in [0.1, 0.15) is 30.5 Å². The number of nitrogens with zero attached hydrogens (tertiary/aromatic N) is 1.